The fourth-order valence-electron chi connectivity index (χ4n) is 4.28. The molecule has 0 fully saturated rings. The predicted octanol–water partition coefficient (Wildman–Crippen LogP) is 4.68. The molecule has 0 amide bonds. The molecule has 2 aromatic heterocycles. The van der Waals surface area contributed by atoms with Crippen molar-refractivity contribution in [3.05, 3.63) is 76.7 Å². The molecule has 4 rings (SSSR count). The number of fused-ring (bicyclic) bond motifs is 1. The third-order valence-corrected chi connectivity index (χ3v) is 5.88. The van der Waals surface area contributed by atoms with E-state index in [2.05, 4.69) is 9.67 Å². The van der Waals surface area contributed by atoms with Crippen molar-refractivity contribution in [2.45, 2.75) is 47.3 Å². The molecule has 1 N–H and O–H groups in total. The number of aryl methyl sites for hydroxylation is 3. The summed E-state index contributed by atoms with van der Waals surface area (Å²) in [4.78, 5) is 12.9. The summed E-state index contributed by atoms with van der Waals surface area (Å²) < 4.78 is 15.1. The average Bonchev–Trinajstić information content (AvgIpc) is 3.27. The summed E-state index contributed by atoms with van der Waals surface area (Å²) in [5.74, 6) is 0.212. The molecular formula is C27H31N3O4. The number of ether oxygens (including phenoxy) is 2. The van der Waals surface area contributed by atoms with Crippen LogP contribution in [-0.4, -0.2) is 44.7 Å². The van der Waals surface area contributed by atoms with E-state index in [4.69, 9.17) is 9.47 Å². The van der Waals surface area contributed by atoms with Crippen molar-refractivity contribution in [2.24, 2.45) is 0 Å². The summed E-state index contributed by atoms with van der Waals surface area (Å²) in [6, 6.07) is 15.8. The number of hydrogen-bond acceptors (Lipinski definition) is 5. The molecule has 0 radical (unpaired) electrons. The van der Waals surface area contributed by atoms with Crippen molar-refractivity contribution in [2.75, 3.05) is 13.2 Å². The van der Waals surface area contributed by atoms with Gasteiger partial charge in [0.05, 0.1) is 29.9 Å². The van der Waals surface area contributed by atoms with E-state index in [9.17, 15) is 9.90 Å². The molecule has 0 aliphatic carbocycles. The smallest absolute Gasteiger partial charge is 0.340 e. The van der Waals surface area contributed by atoms with Crippen molar-refractivity contribution in [3.8, 4) is 11.4 Å². The van der Waals surface area contributed by atoms with Crippen molar-refractivity contribution in [1.29, 1.82) is 0 Å². The van der Waals surface area contributed by atoms with Gasteiger partial charge in [0.2, 0.25) is 0 Å². The Labute approximate surface area is 199 Å². The lowest BCUT2D eigenvalue weighted by atomic mass is 10.1. The summed E-state index contributed by atoms with van der Waals surface area (Å²) in [5.41, 5.74) is 6.25. The maximum absolute atomic E-state index is 12.9. The zero-order valence-electron chi connectivity index (χ0n) is 20.3. The molecule has 7 heteroatoms. The monoisotopic (exact) mass is 461 g/mol. The van der Waals surface area contributed by atoms with Gasteiger partial charge >= 0.3 is 5.97 Å². The van der Waals surface area contributed by atoms with E-state index in [1.54, 1.807) is 11.6 Å². The normalized spacial score (nSPS) is 12.2. The largest absolute Gasteiger partial charge is 0.491 e. The summed E-state index contributed by atoms with van der Waals surface area (Å²) in [6.07, 6.45) is -0.725. The topological polar surface area (TPSA) is 78.5 Å². The summed E-state index contributed by atoms with van der Waals surface area (Å²) in [5, 5.41) is 15.6. The van der Waals surface area contributed by atoms with E-state index in [1.165, 1.54) is 0 Å². The lowest BCUT2D eigenvalue weighted by molar-refractivity contribution is 0.0527. The van der Waals surface area contributed by atoms with E-state index in [1.807, 2.05) is 76.2 Å². The van der Waals surface area contributed by atoms with E-state index in [0.29, 0.717) is 24.5 Å². The number of aliphatic hydroxyl groups excluding tert-OH is 1. The fourth-order valence-corrected chi connectivity index (χ4v) is 4.28. The third-order valence-electron chi connectivity index (χ3n) is 5.88. The van der Waals surface area contributed by atoms with Crippen LogP contribution < -0.4 is 4.74 Å². The van der Waals surface area contributed by atoms with Gasteiger partial charge in [0.25, 0.3) is 0 Å². The molecule has 0 aliphatic heterocycles. The summed E-state index contributed by atoms with van der Waals surface area (Å²) in [6.45, 7) is 10.4. The van der Waals surface area contributed by atoms with Crippen LogP contribution in [0.1, 0.15) is 39.9 Å². The highest BCUT2D eigenvalue weighted by atomic mass is 16.5. The van der Waals surface area contributed by atoms with E-state index in [-0.39, 0.29) is 12.6 Å². The molecule has 34 heavy (non-hydrogen) atoms. The summed E-state index contributed by atoms with van der Waals surface area (Å²) >= 11 is 0. The van der Waals surface area contributed by atoms with Crippen LogP contribution in [0.3, 0.4) is 0 Å². The molecule has 0 bridgehead atoms. The molecule has 7 nitrogen and oxygen atoms in total. The Balaban J connectivity index is 1.65. The van der Waals surface area contributed by atoms with Gasteiger partial charge in [-0.25, -0.2) is 4.79 Å². The molecule has 0 saturated heterocycles. The van der Waals surface area contributed by atoms with Crippen LogP contribution in [0.2, 0.25) is 0 Å². The van der Waals surface area contributed by atoms with Gasteiger partial charge in [0.15, 0.2) is 0 Å². The minimum absolute atomic E-state index is 0.107. The predicted molar refractivity (Wildman–Crippen MR) is 132 cm³/mol. The van der Waals surface area contributed by atoms with Gasteiger partial charge in [0, 0.05) is 22.5 Å². The number of carbonyl (C=O) groups excluding carboxylic acids is 1. The Kier molecular flexibility index (Phi) is 6.75. The number of rotatable bonds is 8. The number of aliphatic hydroxyl groups is 1. The number of nitrogens with zero attached hydrogens (tertiary/aromatic N) is 3. The number of benzene rings is 2. The Hall–Kier alpha value is -3.58. The maximum Gasteiger partial charge on any atom is 0.340 e. The molecule has 2 heterocycles. The minimum Gasteiger partial charge on any atom is -0.491 e. The standard InChI is InChI=1S/C27H31N3O4/c1-6-33-27(32)26-20(5)30(21-9-7-17(2)8-10-21)25-12-11-23(14-24(25)26)34-16-22(31)15-29-19(4)13-18(3)28-29/h7-14,22,31H,6,15-16H2,1-5H3. The number of hydrogen-bond donors (Lipinski definition) is 1. The Morgan fingerprint density at radius 1 is 1.06 bits per heavy atom. The zero-order valence-corrected chi connectivity index (χ0v) is 20.3. The number of aromatic nitrogens is 3. The highest BCUT2D eigenvalue weighted by molar-refractivity contribution is 6.07. The van der Waals surface area contributed by atoms with Crippen molar-refractivity contribution in [3.63, 3.8) is 0 Å². The Morgan fingerprint density at radius 2 is 1.79 bits per heavy atom. The molecule has 4 aromatic rings. The summed E-state index contributed by atoms with van der Waals surface area (Å²) in [7, 11) is 0. The molecule has 2 aromatic carbocycles. The van der Waals surface area contributed by atoms with Crippen molar-refractivity contribution in [1.82, 2.24) is 14.3 Å². The second kappa shape index (κ2) is 9.73. The lowest BCUT2D eigenvalue weighted by Gasteiger charge is -2.14. The Bertz CT molecular complexity index is 1320. The van der Waals surface area contributed by atoms with Gasteiger partial charge in [-0.05, 0) is 71.0 Å². The van der Waals surface area contributed by atoms with Crippen LogP contribution in [0.5, 0.6) is 5.75 Å². The van der Waals surface area contributed by atoms with Gasteiger partial charge in [-0.15, -0.1) is 0 Å². The van der Waals surface area contributed by atoms with Crippen LogP contribution in [-0.2, 0) is 11.3 Å². The molecule has 0 spiro atoms. The van der Waals surface area contributed by atoms with Crippen LogP contribution in [0.15, 0.2) is 48.5 Å². The second-order valence-electron chi connectivity index (χ2n) is 8.60. The van der Waals surface area contributed by atoms with Crippen LogP contribution in [0.25, 0.3) is 16.6 Å². The van der Waals surface area contributed by atoms with Gasteiger partial charge < -0.3 is 19.1 Å². The van der Waals surface area contributed by atoms with Gasteiger partial charge in [-0.1, -0.05) is 17.7 Å². The highest BCUT2D eigenvalue weighted by Gasteiger charge is 2.22. The first-order valence-electron chi connectivity index (χ1n) is 11.5. The highest BCUT2D eigenvalue weighted by Crippen LogP contribution is 2.32. The van der Waals surface area contributed by atoms with Crippen LogP contribution >= 0.6 is 0 Å². The van der Waals surface area contributed by atoms with Crippen molar-refractivity contribution >= 4 is 16.9 Å². The third kappa shape index (κ3) is 4.70. The average molecular weight is 462 g/mol. The number of esters is 1. The van der Waals surface area contributed by atoms with Gasteiger partial charge in [-0.2, -0.15) is 5.10 Å². The van der Waals surface area contributed by atoms with Gasteiger partial charge in [-0.3, -0.25) is 4.68 Å². The second-order valence-corrected chi connectivity index (χ2v) is 8.60. The van der Waals surface area contributed by atoms with E-state index >= 15 is 0 Å². The molecule has 0 aliphatic rings. The minimum atomic E-state index is -0.725. The van der Waals surface area contributed by atoms with Gasteiger partial charge in [0.1, 0.15) is 18.5 Å². The lowest BCUT2D eigenvalue weighted by Crippen LogP contribution is -2.24. The first-order chi connectivity index (χ1) is 16.3. The molecule has 1 atom stereocenters. The van der Waals surface area contributed by atoms with Crippen LogP contribution in [0.4, 0.5) is 0 Å². The fraction of sp³-hybridized carbons (Fsp3) is 0.333. The van der Waals surface area contributed by atoms with E-state index in [0.717, 1.165) is 39.2 Å². The molecule has 178 valence electrons. The number of carbonyl (C=O) groups is 1. The van der Waals surface area contributed by atoms with Crippen molar-refractivity contribution < 1.29 is 19.4 Å². The Morgan fingerprint density at radius 3 is 2.44 bits per heavy atom. The van der Waals surface area contributed by atoms with Crippen LogP contribution in [0, 0.1) is 27.7 Å². The SMILES string of the molecule is CCOC(=O)c1c(C)n(-c2ccc(C)cc2)c2ccc(OCC(O)Cn3nc(C)cc3C)cc12. The maximum atomic E-state index is 12.9. The first kappa shape index (κ1) is 23.6. The first-order valence-corrected chi connectivity index (χ1v) is 11.5. The molecule has 1 unspecified atom stereocenters. The molecule has 0 saturated carbocycles. The quantitative estimate of drug-likeness (QED) is 0.386. The van der Waals surface area contributed by atoms with E-state index < -0.39 is 6.10 Å². The molecular weight excluding hydrogens is 430 g/mol. The zero-order chi connectivity index (χ0) is 24.4.